The highest BCUT2D eigenvalue weighted by Gasteiger charge is 2.23. The Kier molecular flexibility index (Phi) is 4.44. The second kappa shape index (κ2) is 6.30. The molecule has 23 heavy (non-hydrogen) atoms. The number of carbonyl (C=O) groups excluding carboxylic acids is 3. The molecule has 0 spiro atoms. The molecular formula is C15H13NO7. The van der Waals surface area contributed by atoms with E-state index >= 15 is 0 Å². The molecule has 120 valence electrons. The van der Waals surface area contributed by atoms with Gasteiger partial charge in [0.2, 0.25) is 0 Å². The maximum Gasteiger partial charge on any atom is 0.371 e. The molecule has 1 aromatic heterocycles. The van der Waals surface area contributed by atoms with E-state index < -0.39 is 29.0 Å². The number of rotatable bonds is 2. The Morgan fingerprint density at radius 1 is 1.09 bits per heavy atom. The zero-order chi connectivity index (χ0) is 17.1. The lowest BCUT2D eigenvalue weighted by Gasteiger charge is -2.15. The molecule has 0 bridgehead atoms. The van der Waals surface area contributed by atoms with Crippen molar-refractivity contribution in [3.05, 3.63) is 40.2 Å². The highest BCUT2D eigenvalue weighted by molar-refractivity contribution is 5.97. The van der Waals surface area contributed by atoms with Crippen molar-refractivity contribution in [2.75, 3.05) is 7.11 Å². The van der Waals surface area contributed by atoms with Gasteiger partial charge < -0.3 is 14.0 Å². The summed E-state index contributed by atoms with van der Waals surface area (Å²) in [6.07, 6.45) is 0. The highest BCUT2D eigenvalue weighted by Crippen LogP contribution is 2.20. The number of nitrogens with zero attached hydrogens (tertiary/aromatic N) is 1. The van der Waals surface area contributed by atoms with Crippen LogP contribution >= 0.6 is 0 Å². The standard InChI is InChI=1S/C15H13NO7/c1-8(17)16(9(2)18)23-15(20)12-6-10-4-5-11(21-3)7-13(10)22-14(12)19/h4-7H,1-3H3. The van der Waals surface area contributed by atoms with E-state index in [0.29, 0.717) is 11.1 Å². The minimum absolute atomic E-state index is 0.223. The molecule has 0 aliphatic rings. The minimum atomic E-state index is -1.16. The summed E-state index contributed by atoms with van der Waals surface area (Å²) in [4.78, 5) is 51.0. The number of amides is 2. The predicted octanol–water partition coefficient (Wildman–Crippen LogP) is 1.27. The molecule has 0 unspecified atom stereocenters. The van der Waals surface area contributed by atoms with Gasteiger partial charge >= 0.3 is 11.6 Å². The van der Waals surface area contributed by atoms with Gasteiger partial charge in [0, 0.05) is 25.3 Å². The number of hydroxylamine groups is 2. The van der Waals surface area contributed by atoms with Gasteiger partial charge in [-0.15, -0.1) is 5.06 Å². The third-order valence-electron chi connectivity index (χ3n) is 2.91. The van der Waals surface area contributed by atoms with Crippen LogP contribution in [0.5, 0.6) is 5.75 Å². The molecular weight excluding hydrogens is 306 g/mol. The van der Waals surface area contributed by atoms with Crippen LogP contribution in [0.2, 0.25) is 0 Å². The van der Waals surface area contributed by atoms with E-state index in [9.17, 15) is 19.2 Å². The zero-order valence-electron chi connectivity index (χ0n) is 12.6. The Morgan fingerprint density at radius 2 is 1.74 bits per heavy atom. The Hall–Kier alpha value is -3.16. The van der Waals surface area contributed by atoms with Crippen molar-refractivity contribution in [2.45, 2.75) is 13.8 Å². The average molecular weight is 319 g/mol. The minimum Gasteiger partial charge on any atom is -0.497 e. The van der Waals surface area contributed by atoms with E-state index in [1.54, 1.807) is 12.1 Å². The van der Waals surface area contributed by atoms with Gasteiger partial charge in [0.15, 0.2) is 0 Å². The van der Waals surface area contributed by atoms with Crippen LogP contribution in [0.3, 0.4) is 0 Å². The predicted molar refractivity (Wildman–Crippen MR) is 77.7 cm³/mol. The smallest absolute Gasteiger partial charge is 0.371 e. The fraction of sp³-hybridized carbons (Fsp3) is 0.200. The topological polar surface area (TPSA) is 103 Å². The number of carbonyl (C=O) groups is 3. The van der Waals surface area contributed by atoms with Gasteiger partial charge in [-0.2, -0.15) is 0 Å². The summed E-state index contributed by atoms with van der Waals surface area (Å²) >= 11 is 0. The second-order valence-corrected chi connectivity index (χ2v) is 4.56. The number of methoxy groups -OCH3 is 1. The molecule has 0 atom stereocenters. The van der Waals surface area contributed by atoms with E-state index in [2.05, 4.69) is 4.84 Å². The molecule has 2 rings (SSSR count). The number of hydrogen-bond donors (Lipinski definition) is 0. The van der Waals surface area contributed by atoms with Gasteiger partial charge in [0.05, 0.1) is 7.11 Å². The first-order chi connectivity index (χ1) is 10.8. The van der Waals surface area contributed by atoms with Crippen molar-refractivity contribution < 1.29 is 28.4 Å². The summed E-state index contributed by atoms with van der Waals surface area (Å²) in [6, 6.07) is 5.95. The van der Waals surface area contributed by atoms with Gasteiger partial charge in [-0.3, -0.25) is 9.59 Å². The van der Waals surface area contributed by atoms with Crippen LogP contribution in [0.25, 0.3) is 11.0 Å². The monoisotopic (exact) mass is 319 g/mol. The number of benzene rings is 1. The maximum atomic E-state index is 12.0. The van der Waals surface area contributed by atoms with Crippen molar-refractivity contribution in [2.24, 2.45) is 0 Å². The number of fused-ring (bicyclic) bond motifs is 1. The largest absolute Gasteiger partial charge is 0.497 e. The van der Waals surface area contributed by atoms with Crippen molar-refractivity contribution in [1.82, 2.24) is 5.06 Å². The Balaban J connectivity index is 2.41. The molecule has 0 saturated heterocycles. The Morgan fingerprint density at radius 3 is 2.30 bits per heavy atom. The fourth-order valence-electron chi connectivity index (χ4n) is 1.84. The van der Waals surface area contributed by atoms with E-state index in [1.807, 2.05) is 0 Å². The highest BCUT2D eigenvalue weighted by atomic mass is 16.7. The third kappa shape index (κ3) is 3.37. The molecule has 0 saturated carbocycles. The van der Waals surface area contributed by atoms with Gasteiger partial charge in [0.25, 0.3) is 11.8 Å². The molecule has 1 aromatic carbocycles. The number of imide groups is 1. The number of hydrogen-bond acceptors (Lipinski definition) is 7. The van der Waals surface area contributed by atoms with Crippen LogP contribution in [0.15, 0.2) is 33.5 Å². The summed E-state index contributed by atoms with van der Waals surface area (Å²) in [5, 5.41) is 0.717. The fourth-order valence-corrected chi connectivity index (χ4v) is 1.84. The molecule has 0 aliphatic heterocycles. The molecule has 0 N–H and O–H groups in total. The van der Waals surface area contributed by atoms with E-state index in [1.165, 1.54) is 19.2 Å². The normalized spacial score (nSPS) is 10.2. The van der Waals surface area contributed by atoms with Crippen molar-refractivity contribution in [1.29, 1.82) is 0 Å². The van der Waals surface area contributed by atoms with Crippen LogP contribution < -0.4 is 10.4 Å². The van der Waals surface area contributed by atoms with Gasteiger partial charge in [-0.05, 0) is 18.2 Å². The molecule has 8 heteroatoms. The quantitative estimate of drug-likeness (QED) is 0.606. The lowest BCUT2D eigenvalue weighted by Crippen LogP contribution is -2.36. The first-order valence-corrected chi connectivity index (χ1v) is 6.49. The van der Waals surface area contributed by atoms with Crippen LogP contribution in [0.1, 0.15) is 24.2 Å². The SMILES string of the molecule is COc1ccc2cc(C(=O)ON(C(C)=O)C(C)=O)c(=O)oc2c1. The third-order valence-corrected chi connectivity index (χ3v) is 2.91. The number of ether oxygens (including phenoxy) is 1. The van der Waals surface area contributed by atoms with Crippen LogP contribution in [0.4, 0.5) is 0 Å². The van der Waals surface area contributed by atoms with E-state index in [0.717, 1.165) is 13.8 Å². The second-order valence-electron chi connectivity index (χ2n) is 4.56. The van der Waals surface area contributed by atoms with Gasteiger partial charge in [-0.1, -0.05) is 0 Å². The van der Waals surface area contributed by atoms with Crippen molar-refractivity contribution in [3.8, 4) is 5.75 Å². The Bertz CT molecular complexity index is 839. The lowest BCUT2D eigenvalue weighted by atomic mass is 10.2. The maximum absolute atomic E-state index is 12.0. The first-order valence-electron chi connectivity index (χ1n) is 6.49. The van der Waals surface area contributed by atoms with Gasteiger partial charge in [0.1, 0.15) is 16.9 Å². The first kappa shape index (κ1) is 16.2. The average Bonchev–Trinajstić information content (AvgIpc) is 2.50. The summed E-state index contributed by atoms with van der Waals surface area (Å²) in [5.41, 5.74) is -1.17. The Labute approximate surface area is 130 Å². The van der Waals surface area contributed by atoms with Crippen molar-refractivity contribution in [3.63, 3.8) is 0 Å². The van der Waals surface area contributed by atoms with Crippen LogP contribution in [-0.2, 0) is 14.4 Å². The molecule has 2 amide bonds. The molecule has 2 aromatic rings. The molecule has 0 aliphatic carbocycles. The van der Waals surface area contributed by atoms with Crippen LogP contribution in [-0.4, -0.2) is 30.0 Å². The molecule has 0 radical (unpaired) electrons. The molecule has 8 nitrogen and oxygen atoms in total. The van der Waals surface area contributed by atoms with Gasteiger partial charge in [-0.25, -0.2) is 9.59 Å². The summed E-state index contributed by atoms with van der Waals surface area (Å²) in [6.45, 7) is 2.09. The van der Waals surface area contributed by atoms with Crippen molar-refractivity contribution >= 4 is 28.8 Å². The molecule has 1 heterocycles. The van der Waals surface area contributed by atoms with Crippen LogP contribution in [0, 0.1) is 0 Å². The summed E-state index contributed by atoms with van der Waals surface area (Å²) < 4.78 is 10.0. The summed E-state index contributed by atoms with van der Waals surface area (Å²) in [7, 11) is 1.46. The summed E-state index contributed by atoms with van der Waals surface area (Å²) in [5.74, 6) is -2.27. The lowest BCUT2D eigenvalue weighted by molar-refractivity contribution is -0.177. The van der Waals surface area contributed by atoms with E-state index in [-0.39, 0.29) is 10.6 Å². The zero-order valence-corrected chi connectivity index (χ0v) is 12.6. The molecule has 0 fully saturated rings. The van der Waals surface area contributed by atoms with E-state index in [4.69, 9.17) is 9.15 Å².